The fourth-order valence-corrected chi connectivity index (χ4v) is 3.64. The number of halogens is 1. The van der Waals surface area contributed by atoms with Crippen LogP contribution in [-0.2, 0) is 7.05 Å². The van der Waals surface area contributed by atoms with Gasteiger partial charge >= 0.3 is 0 Å². The second-order valence-electron chi connectivity index (χ2n) is 6.21. The number of hydrogen-bond acceptors (Lipinski definition) is 5. The highest BCUT2D eigenvalue weighted by Gasteiger charge is 2.20. The molecule has 7 nitrogen and oxygen atoms in total. The van der Waals surface area contributed by atoms with Gasteiger partial charge in [0.2, 0.25) is 0 Å². The molecule has 0 aliphatic carbocycles. The van der Waals surface area contributed by atoms with E-state index in [9.17, 15) is 14.9 Å². The van der Waals surface area contributed by atoms with Gasteiger partial charge < -0.3 is 5.32 Å². The third kappa shape index (κ3) is 4.35. The van der Waals surface area contributed by atoms with E-state index in [4.69, 9.17) is 11.6 Å². The summed E-state index contributed by atoms with van der Waals surface area (Å²) in [6.07, 6.45) is 0. The van der Waals surface area contributed by atoms with E-state index in [1.165, 1.54) is 28.6 Å². The lowest BCUT2D eigenvalue weighted by atomic mass is 10.2. The summed E-state index contributed by atoms with van der Waals surface area (Å²) in [5, 5.41) is 18.3. The van der Waals surface area contributed by atoms with Gasteiger partial charge in [0.1, 0.15) is 0 Å². The fraction of sp³-hybridized carbons (Fsp3) is 0.158. The third-order valence-corrected chi connectivity index (χ3v) is 5.52. The van der Waals surface area contributed by atoms with E-state index in [-0.39, 0.29) is 16.4 Å². The number of nitrogens with zero attached hydrogens (tertiary/aromatic N) is 3. The number of nitrogens with one attached hydrogen (secondary N) is 1. The quantitative estimate of drug-likeness (QED) is 0.466. The SMILES string of the molecule is Cc1ccc(Sc2cc(NC(=O)c3nn(C)c(C)c3Cl)cc([N+](=O)[O-])c2)cc1. The smallest absolute Gasteiger partial charge is 0.277 e. The number of nitro benzene ring substituents is 1. The van der Waals surface area contributed by atoms with E-state index < -0.39 is 10.8 Å². The molecular weight excluding hydrogens is 400 g/mol. The van der Waals surface area contributed by atoms with Gasteiger partial charge in [0.05, 0.1) is 15.6 Å². The first-order valence-corrected chi connectivity index (χ1v) is 9.48. The average Bonchev–Trinajstić information content (AvgIpc) is 2.91. The molecule has 3 aromatic rings. The lowest BCUT2D eigenvalue weighted by molar-refractivity contribution is -0.385. The molecule has 0 atom stereocenters. The van der Waals surface area contributed by atoms with E-state index in [0.29, 0.717) is 16.3 Å². The van der Waals surface area contributed by atoms with E-state index in [1.807, 2.05) is 31.2 Å². The monoisotopic (exact) mass is 416 g/mol. The summed E-state index contributed by atoms with van der Waals surface area (Å²) in [7, 11) is 1.68. The minimum atomic E-state index is -0.527. The van der Waals surface area contributed by atoms with Gasteiger partial charge in [-0.2, -0.15) is 5.10 Å². The molecule has 9 heteroatoms. The lowest BCUT2D eigenvalue weighted by Crippen LogP contribution is -2.13. The number of aromatic nitrogens is 2. The first-order valence-electron chi connectivity index (χ1n) is 8.29. The van der Waals surface area contributed by atoms with Gasteiger partial charge in [0.15, 0.2) is 5.69 Å². The summed E-state index contributed by atoms with van der Waals surface area (Å²) >= 11 is 7.52. The number of hydrogen-bond donors (Lipinski definition) is 1. The van der Waals surface area contributed by atoms with Crippen molar-refractivity contribution >= 4 is 40.6 Å². The summed E-state index contributed by atoms with van der Waals surface area (Å²) in [6, 6.07) is 12.3. The summed E-state index contributed by atoms with van der Waals surface area (Å²) in [6.45, 7) is 3.73. The minimum absolute atomic E-state index is 0.0703. The van der Waals surface area contributed by atoms with Crippen molar-refractivity contribution in [1.29, 1.82) is 0 Å². The number of carbonyl (C=O) groups is 1. The van der Waals surface area contributed by atoms with Gasteiger partial charge in [-0.1, -0.05) is 41.1 Å². The van der Waals surface area contributed by atoms with Crippen LogP contribution in [0.4, 0.5) is 11.4 Å². The molecule has 144 valence electrons. The molecule has 0 saturated carbocycles. The molecule has 1 N–H and O–H groups in total. The van der Waals surface area contributed by atoms with Crippen LogP contribution in [0.1, 0.15) is 21.7 Å². The molecule has 0 saturated heterocycles. The van der Waals surface area contributed by atoms with Crippen LogP contribution in [0, 0.1) is 24.0 Å². The normalized spacial score (nSPS) is 10.7. The van der Waals surface area contributed by atoms with Crippen molar-refractivity contribution in [1.82, 2.24) is 9.78 Å². The van der Waals surface area contributed by atoms with Crippen LogP contribution in [-0.4, -0.2) is 20.6 Å². The van der Waals surface area contributed by atoms with E-state index in [2.05, 4.69) is 10.4 Å². The topological polar surface area (TPSA) is 90.1 Å². The van der Waals surface area contributed by atoms with Crippen molar-refractivity contribution in [2.75, 3.05) is 5.32 Å². The molecule has 0 spiro atoms. The summed E-state index contributed by atoms with van der Waals surface area (Å²) in [5.41, 5.74) is 2.03. The molecule has 0 radical (unpaired) electrons. The van der Waals surface area contributed by atoms with Gasteiger partial charge in [-0.05, 0) is 32.0 Å². The number of anilines is 1. The third-order valence-electron chi connectivity index (χ3n) is 4.09. The maximum Gasteiger partial charge on any atom is 0.277 e. The van der Waals surface area contributed by atoms with Gasteiger partial charge in [0.25, 0.3) is 11.6 Å². The van der Waals surface area contributed by atoms with Crippen molar-refractivity contribution in [2.45, 2.75) is 23.6 Å². The van der Waals surface area contributed by atoms with Crippen LogP contribution in [0.2, 0.25) is 5.02 Å². The first-order chi connectivity index (χ1) is 13.2. The van der Waals surface area contributed by atoms with Gasteiger partial charge in [-0.3, -0.25) is 19.6 Å². The molecule has 0 unspecified atom stereocenters. The molecule has 2 aromatic carbocycles. The predicted molar refractivity (Wildman–Crippen MR) is 109 cm³/mol. The molecule has 0 aliphatic heterocycles. The zero-order valence-corrected chi connectivity index (χ0v) is 17.0. The Labute approximate surface area is 170 Å². The van der Waals surface area contributed by atoms with Crippen molar-refractivity contribution in [3.63, 3.8) is 0 Å². The standard InChI is InChI=1S/C19H17ClN4O3S/c1-11-4-6-15(7-5-11)28-16-9-13(8-14(10-16)24(26)27)21-19(25)18-17(20)12(2)23(3)22-18/h4-10H,1-3H3,(H,21,25). The molecule has 3 rings (SSSR count). The van der Waals surface area contributed by atoms with Crippen LogP contribution >= 0.6 is 23.4 Å². The van der Waals surface area contributed by atoms with Gasteiger partial charge in [-0.25, -0.2) is 0 Å². The van der Waals surface area contributed by atoms with Gasteiger partial charge in [-0.15, -0.1) is 0 Å². The molecule has 1 aromatic heterocycles. The highest BCUT2D eigenvalue weighted by atomic mass is 35.5. The summed E-state index contributed by atoms with van der Waals surface area (Å²) < 4.78 is 1.50. The largest absolute Gasteiger partial charge is 0.320 e. The van der Waals surface area contributed by atoms with E-state index in [1.54, 1.807) is 20.0 Å². The number of benzene rings is 2. The zero-order valence-electron chi connectivity index (χ0n) is 15.4. The van der Waals surface area contributed by atoms with Crippen LogP contribution in [0.5, 0.6) is 0 Å². The van der Waals surface area contributed by atoms with Crippen molar-refractivity contribution in [3.05, 3.63) is 74.6 Å². The number of amides is 1. The average molecular weight is 417 g/mol. The highest BCUT2D eigenvalue weighted by Crippen LogP contribution is 2.33. The van der Waals surface area contributed by atoms with Crippen molar-refractivity contribution in [2.24, 2.45) is 7.05 Å². The molecular formula is C19H17ClN4O3S. The highest BCUT2D eigenvalue weighted by molar-refractivity contribution is 7.99. The Morgan fingerprint density at radius 2 is 1.86 bits per heavy atom. The second kappa shape index (κ2) is 8.04. The summed E-state index contributed by atoms with van der Waals surface area (Å²) in [4.78, 5) is 24.9. The Balaban J connectivity index is 1.90. The Kier molecular flexibility index (Phi) is 5.71. The van der Waals surface area contributed by atoms with E-state index >= 15 is 0 Å². The number of rotatable bonds is 5. The molecule has 28 heavy (non-hydrogen) atoms. The maximum atomic E-state index is 12.5. The summed E-state index contributed by atoms with van der Waals surface area (Å²) in [5.74, 6) is -0.527. The minimum Gasteiger partial charge on any atom is -0.320 e. The van der Waals surface area contributed by atoms with Crippen molar-refractivity contribution in [3.8, 4) is 0 Å². The van der Waals surface area contributed by atoms with Crippen LogP contribution in [0.25, 0.3) is 0 Å². The molecule has 1 heterocycles. The zero-order chi connectivity index (χ0) is 20.4. The van der Waals surface area contributed by atoms with Gasteiger partial charge in [0, 0.05) is 34.7 Å². The van der Waals surface area contributed by atoms with E-state index in [0.717, 1.165) is 10.5 Å². The molecule has 0 bridgehead atoms. The lowest BCUT2D eigenvalue weighted by Gasteiger charge is -2.08. The molecule has 0 fully saturated rings. The number of carbonyl (C=O) groups excluding carboxylic acids is 1. The number of nitro groups is 1. The number of non-ortho nitro benzene ring substituents is 1. The maximum absolute atomic E-state index is 12.5. The Bertz CT molecular complexity index is 1060. The molecule has 0 aliphatic rings. The Morgan fingerprint density at radius 1 is 1.18 bits per heavy atom. The number of aryl methyl sites for hydroxylation is 2. The Morgan fingerprint density at radius 3 is 2.43 bits per heavy atom. The van der Waals surface area contributed by atoms with Crippen LogP contribution in [0.3, 0.4) is 0 Å². The Hall–Kier alpha value is -2.84. The van der Waals surface area contributed by atoms with Crippen LogP contribution in [0.15, 0.2) is 52.3 Å². The van der Waals surface area contributed by atoms with Crippen LogP contribution < -0.4 is 5.32 Å². The predicted octanol–water partition coefficient (Wildman–Crippen LogP) is 5.00. The second-order valence-corrected chi connectivity index (χ2v) is 7.74. The van der Waals surface area contributed by atoms with Crippen molar-refractivity contribution < 1.29 is 9.72 Å². The fourth-order valence-electron chi connectivity index (χ4n) is 2.48. The first kappa shape index (κ1) is 19.9. The molecule has 1 amide bonds.